The van der Waals surface area contributed by atoms with Gasteiger partial charge in [0.15, 0.2) is 5.78 Å². The number of halogens is 2. The number of benzene rings is 2. The lowest BCUT2D eigenvalue weighted by Gasteiger charge is -2.17. The highest BCUT2D eigenvalue weighted by Gasteiger charge is 2.20. The molecule has 0 aliphatic heterocycles. The van der Waals surface area contributed by atoms with Crippen LogP contribution in [0.1, 0.15) is 30.4 Å². The fraction of sp³-hybridized carbons (Fsp3) is 0.292. The first kappa shape index (κ1) is 21.8. The summed E-state index contributed by atoms with van der Waals surface area (Å²) in [7, 11) is 0. The molecule has 3 nitrogen and oxygen atoms in total. The molecule has 2 aromatic carbocycles. The Balaban J connectivity index is 1.70. The summed E-state index contributed by atoms with van der Waals surface area (Å²) >= 11 is 6.70. The van der Waals surface area contributed by atoms with Gasteiger partial charge in [-0.1, -0.05) is 56.1 Å². The topological polar surface area (TPSA) is 35.5 Å². The van der Waals surface area contributed by atoms with Gasteiger partial charge in [0.05, 0.1) is 13.2 Å². The van der Waals surface area contributed by atoms with Crippen molar-refractivity contribution in [2.45, 2.75) is 19.3 Å². The molecule has 0 spiro atoms. The van der Waals surface area contributed by atoms with E-state index in [0.717, 1.165) is 63.7 Å². The molecular formula is C24H24Br2O3. The number of allylic oxidation sites excluding steroid dienone is 2. The van der Waals surface area contributed by atoms with Gasteiger partial charge in [0.2, 0.25) is 0 Å². The van der Waals surface area contributed by atoms with Gasteiger partial charge in [-0.25, -0.2) is 0 Å². The van der Waals surface area contributed by atoms with Gasteiger partial charge in [-0.3, -0.25) is 4.79 Å². The highest BCUT2D eigenvalue weighted by Crippen LogP contribution is 2.28. The lowest BCUT2D eigenvalue weighted by atomic mass is 9.87. The minimum atomic E-state index is 0.149. The zero-order chi connectivity index (χ0) is 20.5. The highest BCUT2D eigenvalue weighted by molar-refractivity contribution is 9.09. The third-order valence-corrected chi connectivity index (χ3v) is 5.26. The molecule has 0 atom stereocenters. The first-order chi connectivity index (χ1) is 14.2. The van der Waals surface area contributed by atoms with Crippen LogP contribution in [0.3, 0.4) is 0 Å². The van der Waals surface area contributed by atoms with Crippen LogP contribution >= 0.6 is 31.9 Å². The van der Waals surface area contributed by atoms with E-state index in [1.54, 1.807) is 0 Å². The van der Waals surface area contributed by atoms with Crippen molar-refractivity contribution in [3.05, 3.63) is 70.8 Å². The van der Waals surface area contributed by atoms with Gasteiger partial charge in [-0.2, -0.15) is 0 Å². The summed E-state index contributed by atoms with van der Waals surface area (Å²) in [5.74, 6) is 1.83. The van der Waals surface area contributed by atoms with Crippen LogP contribution < -0.4 is 9.47 Å². The van der Waals surface area contributed by atoms with Crippen LogP contribution in [0.25, 0.3) is 12.2 Å². The van der Waals surface area contributed by atoms with Crippen LogP contribution in [-0.4, -0.2) is 29.7 Å². The van der Waals surface area contributed by atoms with Crippen molar-refractivity contribution in [3.63, 3.8) is 0 Å². The molecule has 2 aromatic rings. The number of carbonyl (C=O) groups excluding carboxylic acids is 1. The molecule has 29 heavy (non-hydrogen) atoms. The third kappa shape index (κ3) is 6.58. The van der Waals surface area contributed by atoms with Gasteiger partial charge in [0, 0.05) is 21.8 Å². The van der Waals surface area contributed by atoms with Gasteiger partial charge in [-0.05, 0) is 66.8 Å². The molecule has 5 heteroatoms. The second kappa shape index (κ2) is 11.4. The summed E-state index contributed by atoms with van der Waals surface area (Å²) in [4.78, 5) is 13.0. The summed E-state index contributed by atoms with van der Waals surface area (Å²) < 4.78 is 11.2. The normalized spacial score (nSPS) is 17.0. The Bertz CT molecular complexity index is 797. The van der Waals surface area contributed by atoms with Crippen LogP contribution in [0.15, 0.2) is 59.7 Å². The maximum Gasteiger partial charge on any atom is 0.185 e. The van der Waals surface area contributed by atoms with Gasteiger partial charge < -0.3 is 9.47 Å². The zero-order valence-corrected chi connectivity index (χ0v) is 19.4. The van der Waals surface area contributed by atoms with E-state index in [2.05, 4.69) is 31.9 Å². The molecular weight excluding hydrogens is 496 g/mol. The van der Waals surface area contributed by atoms with Crippen molar-refractivity contribution in [2.75, 3.05) is 23.9 Å². The smallest absolute Gasteiger partial charge is 0.185 e. The van der Waals surface area contributed by atoms with Crippen LogP contribution in [0.5, 0.6) is 11.5 Å². The molecule has 1 aliphatic carbocycles. The fourth-order valence-corrected chi connectivity index (χ4v) is 3.54. The molecule has 0 aromatic heterocycles. The predicted octanol–water partition coefficient (Wildman–Crippen LogP) is 6.45. The molecule has 0 heterocycles. The third-order valence-electron chi connectivity index (χ3n) is 4.61. The quantitative estimate of drug-likeness (QED) is 0.297. The maximum atomic E-state index is 13.0. The summed E-state index contributed by atoms with van der Waals surface area (Å²) in [5.41, 5.74) is 3.78. The van der Waals surface area contributed by atoms with Crippen molar-refractivity contribution < 1.29 is 14.3 Å². The van der Waals surface area contributed by atoms with Crippen LogP contribution in [0.4, 0.5) is 0 Å². The van der Waals surface area contributed by atoms with Crippen molar-refractivity contribution in [2.24, 2.45) is 0 Å². The largest absolute Gasteiger partial charge is 0.493 e. The van der Waals surface area contributed by atoms with E-state index in [1.807, 2.05) is 60.7 Å². The number of carbonyl (C=O) groups is 1. The number of Topliss-reactive ketones (excluding diaryl/α,β-unsaturated/α-hetero) is 1. The first-order valence-electron chi connectivity index (χ1n) is 9.73. The molecule has 3 rings (SSSR count). The number of alkyl halides is 2. The maximum absolute atomic E-state index is 13.0. The molecule has 0 radical (unpaired) electrons. The number of rotatable bonds is 8. The van der Waals surface area contributed by atoms with Crippen LogP contribution in [0.2, 0.25) is 0 Å². The average molecular weight is 520 g/mol. The molecule has 1 aliphatic rings. The second-order valence-electron chi connectivity index (χ2n) is 6.73. The van der Waals surface area contributed by atoms with Crippen molar-refractivity contribution in [1.29, 1.82) is 0 Å². The van der Waals surface area contributed by atoms with Crippen LogP contribution in [0, 0.1) is 0 Å². The Labute approximate surface area is 189 Å². The molecule has 0 unspecified atom stereocenters. The zero-order valence-electron chi connectivity index (χ0n) is 16.2. The van der Waals surface area contributed by atoms with Gasteiger partial charge in [0.1, 0.15) is 11.5 Å². The Morgan fingerprint density at radius 2 is 1.14 bits per heavy atom. The van der Waals surface area contributed by atoms with Crippen molar-refractivity contribution in [3.8, 4) is 11.5 Å². The minimum Gasteiger partial charge on any atom is -0.493 e. The Hall–Kier alpha value is -1.85. The van der Waals surface area contributed by atoms with E-state index in [9.17, 15) is 4.79 Å². The lowest BCUT2D eigenvalue weighted by Crippen LogP contribution is -2.12. The molecule has 0 N–H and O–H groups in total. The monoisotopic (exact) mass is 518 g/mol. The molecule has 152 valence electrons. The highest BCUT2D eigenvalue weighted by atomic mass is 79.9. The van der Waals surface area contributed by atoms with Gasteiger partial charge >= 0.3 is 0 Å². The van der Waals surface area contributed by atoms with E-state index in [4.69, 9.17) is 9.47 Å². The van der Waals surface area contributed by atoms with E-state index < -0.39 is 0 Å². The summed E-state index contributed by atoms with van der Waals surface area (Å²) in [6, 6.07) is 15.7. The van der Waals surface area contributed by atoms with Gasteiger partial charge in [-0.15, -0.1) is 0 Å². The van der Waals surface area contributed by atoms with Crippen LogP contribution in [-0.2, 0) is 4.79 Å². The summed E-state index contributed by atoms with van der Waals surface area (Å²) in [6.45, 7) is 1.27. The molecule has 1 fully saturated rings. The second-order valence-corrected chi connectivity index (χ2v) is 8.32. The predicted molar refractivity (Wildman–Crippen MR) is 126 cm³/mol. The average Bonchev–Trinajstić information content (AvgIpc) is 2.75. The SMILES string of the molecule is O=C1/C(=C/c2ccc(OCCBr)cc2)CCC/C1=C\c1ccc(OCCBr)cc1. The lowest BCUT2D eigenvalue weighted by molar-refractivity contribution is -0.112. The molecule has 0 bridgehead atoms. The van der Waals surface area contributed by atoms with Crippen molar-refractivity contribution in [1.82, 2.24) is 0 Å². The standard InChI is InChI=1S/C24H24Br2O3/c25-12-14-28-22-8-4-18(5-9-22)16-20-2-1-3-21(24(20)27)17-19-6-10-23(11-7-19)29-15-13-26/h4-11,16-17H,1-3,12-15H2/b20-16+,21-17+. The molecule has 1 saturated carbocycles. The number of hydrogen-bond acceptors (Lipinski definition) is 3. The Morgan fingerprint density at radius 3 is 1.52 bits per heavy atom. The van der Waals surface area contributed by atoms with E-state index >= 15 is 0 Å². The number of ether oxygens (including phenoxy) is 2. The van der Waals surface area contributed by atoms with Crippen molar-refractivity contribution >= 4 is 49.8 Å². The first-order valence-corrected chi connectivity index (χ1v) is 12.0. The summed E-state index contributed by atoms with van der Waals surface area (Å²) in [5, 5.41) is 1.60. The van der Waals surface area contributed by atoms with E-state index in [-0.39, 0.29) is 5.78 Å². The molecule has 0 saturated heterocycles. The fourth-order valence-electron chi connectivity index (χ4n) is 3.21. The number of hydrogen-bond donors (Lipinski definition) is 0. The number of ketones is 1. The summed E-state index contributed by atoms with van der Waals surface area (Å²) in [6.07, 6.45) is 6.62. The Morgan fingerprint density at radius 1 is 0.724 bits per heavy atom. The molecule has 0 amide bonds. The van der Waals surface area contributed by atoms with Gasteiger partial charge in [0.25, 0.3) is 0 Å². The van der Waals surface area contributed by atoms with E-state index in [1.165, 1.54) is 0 Å². The minimum absolute atomic E-state index is 0.149. The van der Waals surface area contributed by atoms with E-state index in [0.29, 0.717) is 13.2 Å². The Kier molecular flexibility index (Phi) is 8.56.